The SMILES string of the molecule is CN1CC(C(=O)Nc2nc3cc(F)c(Sc4cnc5ncccn45)cc3s2)C1. The predicted molar refractivity (Wildman–Crippen MR) is 106 cm³/mol. The fraction of sp³-hybridized carbons (Fsp3) is 0.222. The van der Waals surface area contributed by atoms with Crippen LogP contribution in [0.5, 0.6) is 0 Å². The van der Waals surface area contributed by atoms with Gasteiger partial charge in [0.05, 0.1) is 27.2 Å². The number of thiazole rings is 1. The Morgan fingerprint density at radius 1 is 1.36 bits per heavy atom. The lowest BCUT2D eigenvalue weighted by atomic mass is 10.0. The number of fused-ring (bicyclic) bond motifs is 2. The molecule has 1 aliphatic heterocycles. The Hall–Kier alpha value is -2.56. The Morgan fingerprint density at radius 2 is 2.21 bits per heavy atom. The van der Waals surface area contributed by atoms with Crippen molar-refractivity contribution in [2.75, 3.05) is 25.5 Å². The third kappa shape index (κ3) is 3.13. The fourth-order valence-electron chi connectivity index (χ4n) is 3.13. The fourth-order valence-corrected chi connectivity index (χ4v) is 5.00. The first-order chi connectivity index (χ1) is 13.6. The third-order valence-corrected chi connectivity index (χ3v) is 6.55. The third-order valence-electron chi connectivity index (χ3n) is 4.58. The van der Waals surface area contributed by atoms with Gasteiger partial charge >= 0.3 is 0 Å². The zero-order chi connectivity index (χ0) is 19.3. The molecule has 1 aromatic carbocycles. The Morgan fingerprint density at radius 3 is 3.04 bits per heavy atom. The van der Waals surface area contributed by atoms with E-state index >= 15 is 0 Å². The van der Waals surface area contributed by atoms with Crippen molar-refractivity contribution in [2.24, 2.45) is 5.92 Å². The van der Waals surface area contributed by atoms with Crippen molar-refractivity contribution >= 4 is 50.1 Å². The molecule has 0 radical (unpaired) electrons. The molecule has 1 saturated heterocycles. The molecule has 7 nitrogen and oxygen atoms in total. The van der Waals surface area contributed by atoms with Gasteiger partial charge in [0.2, 0.25) is 11.7 Å². The van der Waals surface area contributed by atoms with Crippen LogP contribution in [0.1, 0.15) is 0 Å². The molecule has 0 spiro atoms. The molecular formula is C18H15FN6OS2. The highest BCUT2D eigenvalue weighted by Crippen LogP contribution is 2.36. The molecule has 1 N–H and O–H groups in total. The van der Waals surface area contributed by atoms with Crippen molar-refractivity contribution in [1.29, 1.82) is 0 Å². The van der Waals surface area contributed by atoms with E-state index in [1.807, 2.05) is 17.6 Å². The molecular weight excluding hydrogens is 399 g/mol. The number of hydrogen-bond acceptors (Lipinski definition) is 7. The summed E-state index contributed by atoms with van der Waals surface area (Å²) in [5, 5.41) is 4.12. The van der Waals surface area contributed by atoms with Crippen LogP contribution in [-0.2, 0) is 4.79 Å². The number of nitrogens with one attached hydrogen (secondary N) is 1. The summed E-state index contributed by atoms with van der Waals surface area (Å²) in [6.07, 6.45) is 5.18. The quantitative estimate of drug-likeness (QED) is 0.553. The molecule has 4 aromatic rings. The van der Waals surface area contributed by atoms with E-state index in [1.54, 1.807) is 24.5 Å². The molecule has 10 heteroatoms. The van der Waals surface area contributed by atoms with E-state index < -0.39 is 0 Å². The number of carbonyl (C=O) groups is 1. The van der Waals surface area contributed by atoms with Crippen molar-refractivity contribution in [3.63, 3.8) is 0 Å². The summed E-state index contributed by atoms with van der Waals surface area (Å²) < 4.78 is 17.2. The number of hydrogen-bond donors (Lipinski definition) is 1. The van der Waals surface area contributed by atoms with Gasteiger partial charge in [0.1, 0.15) is 10.8 Å². The zero-order valence-electron chi connectivity index (χ0n) is 14.8. The molecule has 0 bridgehead atoms. The van der Waals surface area contributed by atoms with E-state index in [9.17, 15) is 9.18 Å². The van der Waals surface area contributed by atoms with Gasteiger partial charge in [-0.2, -0.15) is 0 Å². The molecule has 0 atom stereocenters. The molecule has 28 heavy (non-hydrogen) atoms. The first-order valence-corrected chi connectivity index (χ1v) is 10.3. The summed E-state index contributed by atoms with van der Waals surface area (Å²) in [4.78, 5) is 27.5. The van der Waals surface area contributed by atoms with E-state index in [4.69, 9.17) is 0 Å². The number of rotatable bonds is 4. The van der Waals surface area contributed by atoms with Crippen LogP contribution in [0.15, 0.2) is 46.7 Å². The van der Waals surface area contributed by atoms with Gasteiger partial charge in [-0.15, -0.1) is 0 Å². The highest BCUT2D eigenvalue weighted by atomic mass is 32.2. The van der Waals surface area contributed by atoms with Crippen LogP contribution >= 0.6 is 23.1 Å². The number of halogens is 1. The molecule has 142 valence electrons. The van der Waals surface area contributed by atoms with Crippen LogP contribution in [0.2, 0.25) is 0 Å². The second-order valence-corrected chi connectivity index (χ2v) is 8.76. The number of amides is 1. The lowest BCUT2D eigenvalue weighted by Gasteiger charge is -2.34. The second-order valence-electron chi connectivity index (χ2n) is 6.66. The minimum absolute atomic E-state index is 0.0105. The lowest BCUT2D eigenvalue weighted by Crippen LogP contribution is -2.49. The summed E-state index contributed by atoms with van der Waals surface area (Å²) >= 11 is 2.62. The van der Waals surface area contributed by atoms with Gasteiger partial charge in [-0.25, -0.2) is 19.3 Å². The van der Waals surface area contributed by atoms with Crippen molar-refractivity contribution in [3.8, 4) is 0 Å². The molecule has 4 heterocycles. The van der Waals surface area contributed by atoms with Crippen molar-refractivity contribution < 1.29 is 9.18 Å². The van der Waals surface area contributed by atoms with Crippen molar-refractivity contribution in [2.45, 2.75) is 9.92 Å². The predicted octanol–water partition coefficient (Wildman–Crippen LogP) is 3.13. The van der Waals surface area contributed by atoms with E-state index in [2.05, 4.69) is 25.2 Å². The normalized spacial score (nSPS) is 15.2. The van der Waals surface area contributed by atoms with E-state index in [-0.39, 0.29) is 17.6 Å². The molecule has 0 saturated carbocycles. The van der Waals surface area contributed by atoms with E-state index in [0.29, 0.717) is 21.3 Å². The van der Waals surface area contributed by atoms with Crippen LogP contribution in [-0.4, -0.2) is 50.3 Å². The first kappa shape index (κ1) is 17.5. The highest BCUT2D eigenvalue weighted by molar-refractivity contribution is 7.99. The smallest absolute Gasteiger partial charge is 0.234 e. The minimum atomic E-state index is -0.361. The maximum Gasteiger partial charge on any atom is 0.234 e. The summed E-state index contributed by atoms with van der Waals surface area (Å²) in [6, 6.07) is 4.97. The molecule has 1 fully saturated rings. The molecule has 3 aromatic heterocycles. The molecule has 1 amide bonds. The Labute approximate surface area is 167 Å². The van der Waals surface area contributed by atoms with Crippen LogP contribution < -0.4 is 5.32 Å². The van der Waals surface area contributed by atoms with Crippen molar-refractivity contribution in [3.05, 3.63) is 42.6 Å². The maximum absolute atomic E-state index is 14.6. The molecule has 1 aliphatic rings. The standard InChI is InChI=1S/C18H15FN6OS2/c1-24-8-10(9-24)16(26)23-18-22-12-5-11(19)13(6-14(12)28-18)27-15-7-21-17-20-3-2-4-25(15)17/h2-7,10H,8-9H2,1H3,(H,22,23,26). The van der Waals surface area contributed by atoms with Gasteiger partial charge in [0.25, 0.3) is 0 Å². The lowest BCUT2D eigenvalue weighted by molar-refractivity contribution is -0.124. The number of anilines is 1. The number of imidazole rings is 1. The topological polar surface area (TPSA) is 75.4 Å². The monoisotopic (exact) mass is 414 g/mol. The summed E-state index contributed by atoms with van der Waals surface area (Å²) in [5.74, 6) is 0.158. The number of benzene rings is 1. The van der Waals surface area contributed by atoms with E-state index in [1.165, 1.54) is 29.2 Å². The van der Waals surface area contributed by atoms with Gasteiger partial charge in [-0.3, -0.25) is 9.20 Å². The first-order valence-electron chi connectivity index (χ1n) is 8.62. The van der Waals surface area contributed by atoms with Gasteiger partial charge < -0.3 is 10.2 Å². The van der Waals surface area contributed by atoms with E-state index in [0.717, 1.165) is 22.8 Å². The van der Waals surface area contributed by atoms with Crippen LogP contribution in [0.3, 0.4) is 0 Å². The van der Waals surface area contributed by atoms with Gasteiger partial charge in [-0.05, 0) is 19.2 Å². The van der Waals surface area contributed by atoms with Gasteiger partial charge in [0, 0.05) is 31.5 Å². The van der Waals surface area contributed by atoms with Gasteiger partial charge in [0.15, 0.2) is 5.13 Å². The molecule has 5 rings (SSSR count). The molecule has 0 unspecified atom stereocenters. The van der Waals surface area contributed by atoms with Crippen LogP contribution in [0.25, 0.3) is 16.0 Å². The van der Waals surface area contributed by atoms with Crippen LogP contribution in [0, 0.1) is 11.7 Å². The van der Waals surface area contributed by atoms with Crippen LogP contribution in [0.4, 0.5) is 9.52 Å². The summed E-state index contributed by atoms with van der Waals surface area (Å²) in [7, 11) is 1.98. The summed E-state index contributed by atoms with van der Waals surface area (Å²) in [6.45, 7) is 1.50. The van der Waals surface area contributed by atoms with Crippen molar-refractivity contribution in [1.82, 2.24) is 24.3 Å². The number of nitrogens with zero attached hydrogens (tertiary/aromatic N) is 5. The summed E-state index contributed by atoms with van der Waals surface area (Å²) in [5.41, 5.74) is 0.535. The Kier molecular flexibility index (Phi) is 4.26. The minimum Gasteiger partial charge on any atom is -0.305 e. The van der Waals surface area contributed by atoms with Gasteiger partial charge in [-0.1, -0.05) is 23.1 Å². The number of likely N-dealkylation sites (tertiary alicyclic amines) is 1. The largest absolute Gasteiger partial charge is 0.305 e. The number of aromatic nitrogens is 4. The molecule has 0 aliphatic carbocycles. The Bertz CT molecular complexity index is 1200. The highest BCUT2D eigenvalue weighted by Gasteiger charge is 2.30. The Balaban J connectivity index is 1.41. The maximum atomic E-state index is 14.6. The average molecular weight is 414 g/mol. The number of carbonyl (C=O) groups excluding carboxylic acids is 1. The average Bonchev–Trinajstić information content (AvgIpc) is 3.23. The second kappa shape index (κ2) is 6.80. The zero-order valence-corrected chi connectivity index (χ0v) is 16.4.